The van der Waals surface area contributed by atoms with Gasteiger partial charge in [0.25, 0.3) is 5.91 Å². The van der Waals surface area contributed by atoms with E-state index in [0.717, 1.165) is 0 Å². The van der Waals surface area contributed by atoms with Crippen molar-refractivity contribution >= 4 is 21.8 Å². The predicted octanol–water partition coefficient (Wildman–Crippen LogP) is 2.27. The molecule has 1 N–H and O–H groups in total. The molecule has 1 rings (SSSR count). The number of rotatable bonds is 3. The molecule has 1 aromatic heterocycles. The second-order valence-electron chi connectivity index (χ2n) is 3.59. The van der Waals surface area contributed by atoms with Crippen LogP contribution in [0.15, 0.2) is 22.9 Å². The normalized spacial score (nSPS) is 13.6. The van der Waals surface area contributed by atoms with Crippen LogP contribution in [0.2, 0.25) is 0 Å². The summed E-state index contributed by atoms with van der Waals surface area (Å²) in [5.74, 6) is -0.300. The Bertz CT molecular complexity index is 441. The SMILES string of the molecule is CCC(C)(C#N)NC(=O)c1cccnc1Br. The quantitative estimate of drug-likeness (QED) is 0.865. The molecule has 0 aromatic carbocycles. The number of hydrogen-bond acceptors (Lipinski definition) is 3. The van der Waals surface area contributed by atoms with Crippen LogP contribution in [-0.4, -0.2) is 16.4 Å². The molecule has 0 fully saturated rings. The molecular weight excluding hydrogens is 270 g/mol. The molecule has 84 valence electrons. The van der Waals surface area contributed by atoms with Gasteiger partial charge in [-0.25, -0.2) is 4.98 Å². The number of nitrogens with zero attached hydrogens (tertiary/aromatic N) is 2. The fourth-order valence-corrected chi connectivity index (χ4v) is 1.50. The van der Waals surface area contributed by atoms with Crippen molar-refractivity contribution < 1.29 is 4.79 Å². The van der Waals surface area contributed by atoms with E-state index in [2.05, 4.69) is 32.3 Å². The zero-order valence-electron chi connectivity index (χ0n) is 9.12. The number of carbonyl (C=O) groups is 1. The van der Waals surface area contributed by atoms with Gasteiger partial charge >= 0.3 is 0 Å². The van der Waals surface area contributed by atoms with Crippen molar-refractivity contribution in [2.75, 3.05) is 0 Å². The van der Waals surface area contributed by atoms with Crippen molar-refractivity contribution in [2.45, 2.75) is 25.8 Å². The second kappa shape index (κ2) is 5.08. The van der Waals surface area contributed by atoms with Gasteiger partial charge in [0.2, 0.25) is 0 Å². The highest BCUT2D eigenvalue weighted by Crippen LogP contribution is 2.15. The number of nitrogens with one attached hydrogen (secondary N) is 1. The van der Waals surface area contributed by atoms with Gasteiger partial charge in [-0.2, -0.15) is 5.26 Å². The molecule has 0 radical (unpaired) electrons. The number of hydrogen-bond donors (Lipinski definition) is 1. The van der Waals surface area contributed by atoms with E-state index in [-0.39, 0.29) is 5.91 Å². The van der Waals surface area contributed by atoms with Gasteiger partial charge in [-0.1, -0.05) is 6.92 Å². The molecule has 4 nitrogen and oxygen atoms in total. The van der Waals surface area contributed by atoms with Crippen LogP contribution in [0.25, 0.3) is 0 Å². The summed E-state index contributed by atoms with van der Waals surface area (Å²) in [6, 6.07) is 5.41. The van der Waals surface area contributed by atoms with Crippen LogP contribution >= 0.6 is 15.9 Å². The predicted molar refractivity (Wildman–Crippen MR) is 63.7 cm³/mol. The largest absolute Gasteiger partial charge is 0.334 e. The lowest BCUT2D eigenvalue weighted by atomic mass is 10.0. The number of nitriles is 1. The molecule has 1 heterocycles. The van der Waals surface area contributed by atoms with Gasteiger partial charge in [0, 0.05) is 6.20 Å². The topological polar surface area (TPSA) is 65.8 Å². The van der Waals surface area contributed by atoms with E-state index in [1.54, 1.807) is 25.3 Å². The van der Waals surface area contributed by atoms with Crippen molar-refractivity contribution in [3.63, 3.8) is 0 Å². The van der Waals surface area contributed by atoms with Crippen LogP contribution in [0.4, 0.5) is 0 Å². The van der Waals surface area contributed by atoms with Gasteiger partial charge in [-0.05, 0) is 41.4 Å². The average molecular weight is 282 g/mol. The summed E-state index contributed by atoms with van der Waals surface area (Å²) in [6.45, 7) is 3.54. The Morgan fingerprint density at radius 1 is 1.75 bits per heavy atom. The maximum absolute atomic E-state index is 11.9. The van der Waals surface area contributed by atoms with Crippen molar-refractivity contribution in [3.8, 4) is 6.07 Å². The third kappa shape index (κ3) is 2.80. The summed E-state index contributed by atoms with van der Waals surface area (Å²) in [7, 11) is 0. The molecule has 1 amide bonds. The average Bonchev–Trinajstić information content (AvgIpc) is 2.29. The minimum atomic E-state index is -0.841. The van der Waals surface area contributed by atoms with E-state index in [1.807, 2.05) is 6.92 Å². The minimum Gasteiger partial charge on any atom is -0.334 e. The zero-order valence-corrected chi connectivity index (χ0v) is 10.7. The highest BCUT2D eigenvalue weighted by Gasteiger charge is 2.25. The van der Waals surface area contributed by atoms with Crippen LogP contribution < -0.4 is 5.32 Å². The molecule has 5 heteroatoms. The fourth-order valence-electron chi connectivity index (χ4n) is 1.07. The lowest BCUT2D eigenvalue weighted by Gasteiger charge is -2.21. The summed E-state index contributed by atoms with van der Waals surface area (Å²) >= 11 is 3.19. The molecule has 0 aliphatic heterocycles. The number of halogens is 1. The Kier molecular flexibility index (Phi) is 4.02. The van der Waals surface area contributed by atoms with Crippen molar-refractivity contribution in [1.82, 2.24) is 10.3 Å². The van der Waals surface area contributed by atoms with Crippen LogP contribution in [0.1, 0.15) is 30.6 Å². The molecule has 0 saturated carbocycles. The second-order valence-corrected chi connectivity index (χ2v) is 4.34. The Morgan fingerprint density at radius 2 is 2.44 bits per heavy atom. The van der Waals surface area contributed by atoms with E-state index in [0.29, 0.717) is 16.6 Å². The molecular formula is C11H12BrN3O. The van der Waals surface area contributed by atoms with Crippen LogP contribution in [0.5, 0.6) is 0 Å². The smallest absolute Gasteiger partial charge is 0.255 e. The minimum absolute atomic E-state index is 0.300. The van der Waals surface area contributed by atoms with Gasteiger partial charge in [-0.15, -0.1) is 0 Å². The highest BCUT2D eigenvalue weighted by molar-refractivity contribution is 9.10. The lowest BCUT2D eigenvalue weighted by Crippen LogP contribution is -2.44. The fraction of sp³-hybridized carbons (Fsp3) is 0.364. The summed E-state index contributed by atoms with van der Waals surface area (Å²) in [4.78, 5) is 15.8. The zero-order chi connectivity index (χ0) is 12.2. The van der Waals surface area contributed by atoms with E-state index >= 15 is 0 Å². The van der Waals surface area contributed by atoms with E-state index in [9.17, 15) is 4.79 Å². The molecule has 0 aliphatic rings. The summed E-state index contributed by atoms with van der Waals surface area (Å²) in [5.41, 5.74) is -0.413. The first-order valence-corrected chi connectivity index (χ1v) is 5.66. The molecule has 0 spiro atoms. The van der Waals surface area contributed by atoms with Crippen molar-refractivity contribution in [3.05, 3.63) is 28.5 Å². The summed E-state index contributed by atoms with van der Waals surface area (Å²) in [6.07, 6.45) is 2.14. The lowest BCUT2D eigenvalue weighted by molar-refractivity contribution is 0.0922. The Hall–Kier alpha value is -1.41. The van der Waals surface area contributed by atoms with Gasteiger partial charge in [0.05, 0.1) is 11.6 Å². The third-order valence-electron chi connectivity index (χ3n) is 2.35. The first kappa shape index (κ1) is 12.7. The molecule has 0 aliphatic carbocycles. The van der Waals surface area contributed by atoms with Crippen LogP contribution in [-0.2, 0) is 0 Å². The maximum atomic E-state index is 11.9. The Balaban J connectivity index is 2.90. The van der Waals surface area contributed by atoms with Crippen LogP contribution in [0, 0.1) is 11.3 Å². The van der Waals surface area contributed by atoms with Crippen molar-refractivity contribution in [2.24, 2.45) is 0 Å². The van der Waals surface area contributed by atoms with Crippen LogP contribution in [0.3, 0.4) is 0 Å². The van der Waals surface area contributed by atoms with Gasteiger partial charge < -0.3 is 5.32 Å². The Morgan fingerprint density at radius 3 is 2.94 bits per heavy atom. The van der Waals surface area contributed by atoms with Crippen molar-refractivity contribution in [1.29, 1.82) is 5.26 Å². The molecule has 1 unspecified atom stereocenters. The molecule has 1 atom stereocenters. The molecule has 16 heavy (non-hydrogen) atoms. The first-order chi connectivity index (χ1) is 7.52. The third-order valence-corrected chi connectivity index (χ3v) is 2.98. The van der Waals surface area contributed by atoms with Gasteiger partial charge in [-0.3, -0.25) is 4.79 Å². The van der Waals surface area contributed by atoms with E-state index < -0.39 is 5.54 Å². The Labute approximate surface area is 103 Å². The first-order valence-electron chi connectivity index (χ1n) is 4.86. The highest BCUT2D eigenvalue weighted by atomic mass is 79.9. The summed E-state index contributed by atoms with van der Waals surface area (Å²) < 4.78 is 0.476. The van der Waals surface area contributed by atoms with E-state index in [1.165, 1.54) is 0 Å². The van der Waals surface area contributed by atoms with Gasteiger partial charge in [0.15, 0.2) is 0 Å². The number of amides is 1. The molecule has 1 aromatic rings. The standard InChI is InChI=1S/C11H12BrN3O/c1-3-11(2,7-13)15-10(16)8-5-4-6-14-9(8)12/h4-6H,3H2,1-2H3,(H,15,16). The number of pyridine rings is 1. The molecule has 0 saturated heterocycles. The monoisotopic (exact) mass is 281 g/mol. The number of aromatic nitrogens is 1. The number of carbonyl (C=O) groups excluding carboxylic acids is 1. The van der Waals surface area contributed by atoms with E-state index in [4.69, 9.17) is 5.26 Å². The molecule has 0 bridgehead atoms. The van der Waals surface area contributed by atoms with Gasteiger partial charge in [0.1, 0.15) is 10.1 Å². The maximum Gasteiger partial charge on any atom is 0.255 e. The summed E-state index contributed by atoms with van der Waals surface area (Å²) in [5, 5.41) is 11.6.